The van der Waals surface area contributed by atoms with Crippen LogP contribution in [-0.2, 0) is 15.1 Å². The molecule has 2 aliphatic rings. The van der Waals surface area contributed by atoms with Crippen molar-refractivity contribution in [3.63, 3.8) is 0 Å². The summed E-state index contributed by atoms with van der Waals surface area (Å²) in [4.78, 5) is 38.5. The first-order chi connectivity index (χ1) is 16.9. The zero-order valence-electron chi connectivity index (χ0n) is 18.9. The molecule has 180 valence electrons. The molecule has 3 aromatic rings. The van der Waals surface area contributed by atoms with Gasteiger partial charge in [-0.25, -0.2) is 9.18 Å². The van der Waals surface area contributed by atoms with Crippen molar-refractivity contribution in [2.75, 3.05) is 5.75 Å². The molecule has 0 radical (unpaired) electrons. The minimum atomic E-state index is -1.24. The largest absolute Gasteiger partial charge is 0.344 e. The van der Waals surface area contributed by atoms with Crippen LogP contribution < -0.4 is 10.7 Å². The van der Waals surface area contributed by atoms with Crippen molar-refractivity contribution < 1.29 is 18.8 Å². The molecular formula is C24H23FN6O3S. The fourth-order valence-corrected chi connectivity index (χ4v) is 4.99. The summed E-state index contributed by atoms with van der Waals surface area (Å²) in [6, 6.07) is 14.7. The fourth-order valence-electron chi connectivity index (χ4n) is 4.19. The Labute approximate surface area is 205 Å². The first-order valence-electron chi connectivity index (χ1n) is 11.3. The second kappa shape index (κ2) is 9.14. The van der Waals surface area contributed by atoms with Gasteiger partial charge in [0.2, 0.25) is 5.91 Å². The van der Waals surface area contributed by atoms with Crippen LogP contribution in [0.1, 0.15) is 37.8 Å². The molecule has 35 heavy (non-hydrogen) atoms. The number of hydrogen-bond donors (Lipinski definition) is 2. The van der Waals surface area contributed by atoms with E-state index < -0.39 is 29.2 Å². The van der Waals surface area contributed by atoms with Crippen molar-refractivity contribution >= 4 is 29.6 Å². The zero-order chi connectivity index (χ0) is 24.6. The van der Waals surface area contributed by atoms with Crippen LogP contribution in [0.15, 0.2) is 59.8 Å². The molecule has 2 heterocycles. The SMILES string of the molecule is CC[C@]1(c2ccccc2)NC(=O)N(NC(=O)CSc2nnc(-c3ccccc3F)n2C2CC2)C1=O. The van der Waals surface area contributed by atoms with Crippen molar-refractivity contribution in [3.8, 4) is 11.4 Å². The normalized spacial score (nSPS) is 19.7. The van der Waals surface area contributed by atoms with E-state index in [9.17, 15) is 18.8 Å². The maximum Gasteiger partial charge on any atom is 0.344 e. The average molecular weight is 495 g/mol. The van der Waals surface area contributed by atoms with E-state index in [1.807, 2.05) is 10.6 Å². The van der Waals surface area contributed by atoms with E-state index >= 15 is 0 Å². The predicted octanol–water partition coefficient (Wildman–Crippen LogP) is 3.40. The molecule has 2 N–H and O–H groups in total. The van der Waals surface area contributed by atoms with Gasteiger partial charge in [-0.2, -0.15) is 5.01 Å². The number of rotatable bonds is 8. The maximum atomic E-state index is 14.4. The van der Waals surface area contributed by atoms with E-state index in [1.54, 1.807) is 49.4 Å². The van der Waals surface area contributed by atoms with Crippen LogP contribution in [0, 0.1) is 5.82 Å². The molecule has 0 bridgehead atoms. The number of aromatic nitrogens is 3. The van der Waals surface area contributed by atoms with Crippen LogP contribution in [-0.4, -0.2) is 43.4 Å². The molecule has 1 saturated heterocycles. The number of hydrogen-bond acceptors (Lipinski definition) is 6. The lowest BCUT2D eigenvalue weighted by molar-refractivity contribution is -0.138. The van der Waals surface area contributed by atoms with Crippen LogP contribution >= 0.6 is 11.8 Å². The maximum absolute atomic E-state index is 14.4. The van der Waals surface area contributed by atoms with E-state index in [-0.39, 0.29) is 11.8 Å². The molecular weight excluding hydrogens is 471 g/mol. The van der Waals surface area contributed by atoms with Crippen molar-refractivity contribution in [2.45, 2.75) is 42.9 Å². The summed E-state index contributed by atoms with van der Waals surface area (Å²) in [5.41, 5.74) is 2.17. The molecule has 1 aliphatic carbocycles. The Morgan fingerprint density at radius 3 is 2.54 bits per heavy atom. The number of benzene rings is 2. The van der Waals surface area contributed by atoms with Gasteiger partial charge in [0, 0.05) is 6.04 Å². The summed E-state index contributed by atoms with van der Waals surface area (Å²) in [5, 5.41) is 12.3. The molecule has 9 nitrogen and oxygen atoms in total. The van der Waals surface area contributed by atoms with E-state index in [0.717, 1.165) is 29.6 Å². The van der Waals surface area contributed by atoms with E-state index in [0.29, 0.717) is 28.5 Å². The summed E-state index contributed by atoms with van der Waals surface area (Å²) in [5.74, 6) is -1.18. The number of nitrogens with one attached hydrogen (secondary N) is 2. The highest BCUT2D eigenvalue weighted by Crippen LogP contribution is 2.41. The summed E-state index contributed by atoms with van der Waals surface area (Å²) in [6.45, 7) is 1.80. The molecule has 5 rings (SSSR count). The van der Waals surface area contributed by atoms with Crippen molar-refractivity contribution in [1.82, 2.24) is 30.5 Å². The third-order valence-corrected chi connectivity index (χ3v) is 7.09. The number of imide groups is 1. The third kappa shape index (κ3) is 4.16. The summed E-state index contributed by atoms with van der Waals surface area (Å²) in [6.07, 6.45) is 2.16. The standard InChI is InChI=1S/C24H23FN6O3S/c1-2-24(15-8-4-3-5-9-15)21(33)31(22(34)26-24)29-19(32)14-35-23-28-27-20(30(23)16-12-13-16)17-10-6-7-11-18(17)25/h3-11,16H,2,12-14H2,1H3,(H,26,34)(H,29,32)/t24-/m1/s1. The Kier molecular flexibility index (Phi) is 6.01. The lowest BCUT2D eigenvalue weighted by Gasteiger charge is -2.25. The van der Waals surface area contributed by atoms with E-state index in [4.69, 9.17) is 0 Å². The van der Waals surface area contributed by atoms with Gasteiger partial charge in [-0.05, 0) is 37.0 Å². The molecule has 1 saturated carbocycles. The Morgan fingerprint density at radius 1 is 1.14 bits per heavy atom. The highest BCUT2D eigenvalue weighted by atomic mass is 32.2. The fraction of sp³-hybridized carbons (Fsp3) is 0.292. The smallest absolute Gasteiger partial charge is 0.318 e. The number of carbonyl (C=O) groups is 3. The number of carbonyl (C=O) groups excluding carboxylic acids is 3. The number of urea groups is 1. The second-order valence-electron chi connectivity index (χ2n) is 8.41. The van der Waals surface area contributed by atoms with Crippen LogP contribution in [0.25, 0.3) is 11.4 Å². The number of hydrazine groups is 1. The highest BCUT2D eigenvalue weighted by Gasteiger charge is 2.52. The number of amides is 4. The van der Waals surface area contributed by atoms with Gasteiger partial charge in [0.05, 0.1) is 11.3 Å². The van der Waals surface area contributed by atoms with Gasteiger partial charge >= 0.3 is 6.03 Å². The Bertz CT molecular complexity index is 1300. The van der Waals surface area contributed by atoms with Gasteiger partial charge < -0.3 is 5.32 Å². The van der Waals surface area contributed by atoms with Gasteiger partial charge in [0.25, 0.3) is 5.91 Å². The van der Waals surface area contributed by atoms with Crippen molar-refractivity contribution in [1.29, 1.82) is 0 Å². The minimum absolute atomic E-state index is 0.107. The van der Waals surface area contributed by atoms with Gasteiger partial charge in [-0.15, -0.1) is 10.2 Å². The van der Waals surface area contributed by atoms with E-state index in [2.05, 4.69) is 20.9 Å². The first kappa shape index (κ1) is 23.0. The van der Waals surface area contributed by atoms with Gasteiger partial charge in [-0.3, -0.25) is 19.6 Å². The van der Waals surface area contributed by atoms with Crippen molar-refractivity contribution in [3.05, 3.63) is 66.0 Å². The number of halogens is 1. The van der Waals surface area contributed by atoms with Gasteiger partial charge in [0.1, 0.15) is 11.4 Å². The van der Waals surface area contributed by atoms with Gasteiger partial charge in [-0.1, -0.05) is 61.2 Å². The van der Waals surface area contributed by atoms with Crippen molar-refractivity contribution in [2.24, 2.45) is 0 Å². The topological polar surface area (TPSA) is 109 Å². The molecule has 2 aromatic carbocycles. The molecule has 2 fully saturated rings. The third-order valence-electron chi connectivity index (χ3n) is 6.15. The molecule has 11 heteroatoms. The van der Waals surface area contributed by atoms with Crippen LogP contribution in [0.2, 0.25) is 0 Å². The Hall–Kier alpha value is -3.73. The molecule has 0 unspecified atom stereocenters. The Balaban J connectivity index is 1.29. The molecule has 1 aliphatic heterocycles. The lowest BCUT2D eigenvalue weighted by atomic mass is 9.87. The zero-order valence-corrected chi connectivity index (χ0v) is 19.7. The monoisotopic (exact) mass is 494 g/mol. The van der Waals surface area contributed by atoms with Crippen LogP contribution in [0.4, 0.5) is 9.18 Å². The summed E-state index contributed by atoms with van der Waals surface area (Å²) in [7, 11) is 0. The highest BCUT2D eigenvalue weighted by molar-refractivity contribution is 7.99. The molecule has 4 amide bonds. The lowest BCUT2D eigenvalue weighted by Crippen LogP contribution is -2.49. The predicted molar refractivity (Wildman–Crippen MR) is 126 cm³/mol. The molecule has 0 spiro atoms. The molecule has 1 aromatic heterocycles. The summed E-state index contributed by atoms with van der Waals surface area (Å²) < 4.78 is 16.2. The minimum Gasteiger partial charge on any atom is -0.318 e. The average Bonchev–Trinajstić information content (AvgIpc) is 3.58. The van der Waals surface area contributed by atoms with Gasteiger partial charge in [0.15, 0.2) is 11.0 Å². The summed E-state index contributed by atoms with van der Waals surface area (Å²) >= 11 is 1.12. The first-order valence-corrected chi connectivity index (χ1v) is 12.3. The number of thioether (sulfide) groups is 1. The van der Waals surface area contributed by atoms with Crippen LogP contribution in [0.3, 0.4) is 0 Å². The Morgan fingerprint density at radius 2 is 1.86 bits per heavy atom. The number of nitrogens with zero attached hydrogens (tertiary/aromatic N) is 4. The quantitative estimate of drug-likeness (QED) is 0.367. The van der Waals surface area contributed by atoms with Crippen LogP contribution in [0.5, 0.6) is 0 Å². The van der Waals surface area contributed by atoms with E-state index in [1.165, 1.54) is 6.07 Å². The second-order valence-corrected chi connectivity index (χ2v) is 9.35. The molecule has 1 atom stereocenters.